The van der Waals surface area contributed by atoms with Gasteiger partial charge < -0.3 is 5.32 Å². The van der Waals surface area contributed by atoms with E-state index in [1.807, 2.05) is 32.0 Å². The number of rotatable bonds is 6. The molecular formula is C26H27N5O3S. The molecule has 1 fully saturated rings. The Hall–Kier alpha value is -3.46. The lowest BCUT2D eigenvalue weighted by atomic mass is 10.0. The zero-order valence-electron chi connectivity index (χ0n) is 20.0. The molecule has 0 atom stereocenters. The van der Waals surface area contributed by atoms with Crippen molar-refractivity contribution in [3.05, 3.63) is 69.0 Å². The van der Waals surface area contributed by atoms with Crippen LogP contribution in [-0.2, 0) is 7.05 Å². The summed E-state index contributed by atoms with van der Waals surface area (Å²) in [7, 11) is 1.64. The number of fused-ring (bicyclic) bond motifs is 3. The predicted molar refractivity (Wildman–Crippen MR) is 136 cm³/mol. The molecule has 5 rings (SSSR count). The van der Waals surface area contributed by atoms with E-state index < -0.39 is 0 Å². The molecule has 2 heterocycles. The number of thioether (sulfide) groups is 1. The average Bonchev–Trinajstić information content (AvgIpc) is 3.52. The lowest BCUT2D eigenvalue weighted by Crippen LogP contribution is -2.32. The number of carbonyl (C=O) groups is 2. The third-order valence-corrected chi connectivity index (χ3v) is 7.60. The van der Waals surface area contributed by atoms with E-state index in [0.717, 1.165) is 36.8 Å². The minimum Gasteiger partial charge on any atom is -0.349 e. The van der Waals surface area contributed by atoms with Crippen molar-refractivity contribution in [2.45, 2.75) is 50.7 Å². The number of carbonyl (C=O) groups excluding carboxylic acids is 2. The molecule has 180 valence electrons. The van der Waals surface area contributed by atoms with Gasteiger partial charge in [0.1, 0.15) is 0 Å². The van der Waals surface area contributed by atoms with Gasteiger partial charge in [-0.1, -0.05) is 42.3 Å². The van der Waals surface area contributed by atoms with E-state index in [1.54, 1.807) is 29.6 Å². The maximum atomic E-state index is 13.0. The lowest BCUT2D eigenvalue weighted by Gasteiger charge is -2.13. The Morgan fingerprint density at radius 1 is 1.09 bits per heavy atom. The van der Waals surface area contributed by atoms with Gasteiger partial charge in [-0.25, -0.2) is 0 Å². The molecule has 4 aromatic rings. The molecule has 1 aliphatic rings. The van der Waals surface area contributed by atoms with Crippen molar-refractivity contribution in [3.8, 4) is 0 Å². The Balaban J connectivity index is 1.52. The quantitative estimate of drug-likeness (QED) is 0.326. The van der Waals surface area contributed by atoms with Crippen LogP contribution in [0.3, 0.4) is 0 Å². The van der Waals surface area contributed by atoms with Crippen molar-refractivity contribution < 1.29 is 9.59 Å². The summed E-state index contributed by atoms with van der Waals surface area (Å²) in [5, 5.41) is 12.5. The minimum atomic E-state index is -0.217. The molecule has 0 radical (unpaired) electrons. The normalized spacial score (nSPS) is 14.1. The van der Waals surface area contributed by atoms with Crippen LogP contribution in [0.2, 0.25) is 0 Å². The first-order valence-electron chi connectivity index (χ1n) is 11.8. The van der Waals surface area contributed by atoms with Gasteiger partial charge in [-0.2, -0.15) is 0 Å². The van der Waals surface area contributed by atoms with Crippen molar-refractivity contribution in [2.24, 2.45) is 7.05 Å². The van der Waals surface area contributed by atoms with Crippen LogP contribution < -0.4 is 10.9 Å². The summed E-state index contributed by atoms with van der Waals surface area (Å²) in [6, 6.07) is 11.1. The second-order valence-electron chi connectivity index (χ2n) is 9.20. The molecule has 9 heteroatoms. The molecule has 35 heavy (non-hydrogen) atoms. The third-order valence-electron chi connectivity index (χ3n) is 6.67. The molecule has 1 amide bonds. The van der Waals surface area contributed by atoms with Crippen molar-refractivity contribution in [3.63, 3.8) is 0 Å². The monoisotopic (exact) mass is 489 g/mol. The van der Waals surface area contributed by atoms with Crippen LogP contribution in [0.15, 0.2) is 46.3 Å². The fourth-order valence-corrected chi connectivity index (χ4v) is 5.50. The lowest BCUT2D eigenvalue weighted by molar-refractivity contribution is 0.0937. The number of hydrogen-bond donors (Lipinski definition) is 1. The largest absolute Gasteiger partial charge is 0.349 e. The molecule has 0 spiro atoms. The summed E-state index contributed by atoms with van der Waals surface area (Å²) in [5.41, 5.74) is 3.46. The fraction of sp³-hybridized carbons (Fsp3) is 0.346. The maximum absolute atomic E-state index is 13.0. The zero-order valence-corrected chi connectivity index (χ0v) is 20.8. The highest BCUT2D eigenvalue weighted by Crippen LogP contribution is 2.24. The molecule has 1 aliphatic carbocycles. The van der Waals surface area contributed by atoms with Crippen LogP contribution in [0.5, 0.6) is 0 Å². The van der Waals surface area contributed by atoms with Crippen molar-refractivity contribution in [1.29, 1.82) is 0 Å². The number of aromatic nitrogens is 4. The first kappa shape index (κ1) is 23.3. The SMILES string of the molecule is Cc1ccc(C)c(C(=O)CSc2nnc3n(C)c(=O)c4ccc(C(=O)NC5CCCC5)cc4n23)c1. The average molecular weight is 490 g/mol. The topological polar surface area (TPSA) is 98.4 Å². The van der Waals surface area contributed by atoms with Gasteiger partial charge in [0, 0.05) is 24.2 Å². The van der Waals surface area contributed by atoms with E-state index in [4.69, 9.17) is 0 Å². The Morgan fingerprint density at radius 2 is 1.86 bits per heavy atom. The highest BCUT2D eigenvalue weighted by Gasteiger charge is 2.21. The minimum absolute atomic E-state index is 0.00120. The second kappa shape index (κ2) is 9.30. The van der Waals surface area contributed by atoms with E-state index in [-0.39, 0.29) is 29.0 Å². The molecule has 1 N–H and O–H groups in total. The molecular weight excluding hydrogens is 462 g/mol. The van der Waals surface area contributed by atoms with Crippen molar-refractivity contribution in [2.75, 3.05) is 5.75 Å². The number of nitrogens with zero attached hydrogens (tertiary/aromatic N) is 4. The van der Waals surface area contributed by atoms with Gasteiger partial charge in [-0.15, -0.1) is 10.2 Å². The van der Waals surface area contributed by atoms with Crippen molar-refractivity contribution >= 4 is 40.1 Å². The molecule has 0 saturated heterocycles. The van der Waals surface area contributed by atoms with E-state index >= 15 is 0 Å². The first-order chi connectivity index (χ1) is 16.8. The molecule has 2 aromatic heterocycles. The second-order valence-corrected chi connectivity index (χ2v) is 10.1. The standard InChI is InChI=1S/C26H27N5O3S/c1-15-8-9-16(2)20(12-15)22(32)14-35-26-29-28-25-30(3)24(34)19-11-10-17(13-21(19)31(25)26)23(33)27-18-6-4-5-7-18/h8-13,18H,4-7,14H2,1-3H3,(H,27,33). The van der Waals surface area contributed by atoms with Crippen LogP contribution in [0.4, 0.5) is 0 Å². The Labute approximate surface area is 206 Å². The molecule has 0 bridgehead atoms. The number of benzene rings is 2. The van der Waals surface area contributed by atoms with E-state index in [2.05, 4.69) is 15.5 Å². The van der Waals surface area contributed by atoms with Gasteiger partial charge in [0.2, 0.25) is 5.78 Å². The highest BCUT2D eigenvalue weighted by molar-refractivity contribution is 7.99. The Morgan fingerprint density at radius 3 is 2.63 bits per heavy atom. The smallest absolute Gasteiger partial charge is 0.262 e. The van der Waals surface area contributed by atoms with Crippen LogP contribution in [0.1, 0.15) is 57.5 Å². The summed E-state index contributed by atoms with van der Waals surface area (Å²) < 4.78 is 3.19. The van der Waals surface area contributed by atoms with Gasteiger partial charge in [-0.3, -0.25) is 23.4 Å². The highest BCUT2D eigenvalue weighted by atomic mass is 32.2. The fourth-order valence-electron chi connectivity index (χ4n) is 4.68. The van der Waals surface area contributed by atoms with Crippen LogP contribution >= 0.6 is 11.8 Å². The number of aryl methyl sites for hydroxylation is 3. The first-order valence-corrected chi connectivity index (χ1v) is 12.7. The molecule has 0 aliphatic heterocycles. The van der Waals surface area contributed by atoms with E-state index in [0.29, 0.717) is 33.0 Å². The van der Waals surface area contributed by atoms with Crippen LogP contribution in [0, 0.1) is 13.8 Å². The van der Waals surface area contributed by atoms with Gasteiger partial charge in [-0.05, 0) is 56.5 Å². The van der Waals surface area contributed by atoms with Crippen LogP contribution in [0.25, 0.3) is 16.7 Å². The number of amides is 1. The van der Waals surface area contributed by atoms with E-state index in [1.165, 1.54) is 16.3 Å². The molecule has 8 nitrogen and oxygen atoms in total. The molecule has 2 aromatic carbocycles. The maximum Gasteiger partial charge on any atom is 0.262 e. The van der Waals surface area contributed by atoms with Gasteiger partial charge in [0.15, 0.2) is 10.9 Å². The van der Waals surface area contributed by atoms with E-state index in [9.17, 15) is 14.4 Å². The summed E-state index contributed by atoms with van der Waals surface area (Å²) in [4.78, 5) is 38.8. The zero-order chi connectivity index (χ0) is 24.7. The number of hydrogen-bond acceptors (Lipinski definition) is 6. The van der Waals surface area contributed by atoms with Gasteiger partial charge >= 0.3 is 0 Å². The van der Waals surface area contributed by atoms with Gasteiger partial charge in [0.25, 0.3) is 11.5 Å². The number of Topliss-reactive ketones (excluding diaryl/α,β-unsaturated/α-hetero) is 1. The third kappa shape index (κ3) is 4.36. The Bertz CT molecular complexity index is 1530. The summed E-state index contributed by atoms with van der Waals surface area (Å²) in [5.74, 6) is 0.383. The summed E-state index contributed by atoms with van der Waals surface area (Å²) in [6.07, 6.45) is 4.23. The molecule has 0 unspecified atom stereocenters. The van der Waals surface area contributed by atoms with Gasteiger partial charge in [0.05, 0.1) is 16.7 Å². The van der Waals surface area contributed by atoms with Crippen molar-refractivity contribution in [1.82, 2.24) is 24.5 Å². The summed E-state index contributed by atoms with van der Waals surface area (Å²) >= 11 is 1.27. The molecule has 1 saturated carbocycles. The predicted octanol–water partition coefficient (Wildman–Crippen LogP) is 3.85. The Kier molecular flexibility index (Phi) is 6.19. The summed E-state index contributed by atoms with van der Waals surface area (Å²) in [6.45, 7) is 3.88. The van der Waals surface area contributed by atoms with Crippen LogP contribution in [-0.4, -0.2) is 42.7 Å². The number of nitrogens with one attached hydrogen (secondary N) is 1. The number of ketones is 1.